The van der Waals surface area contributed by atoms with Gasteiger partial charge in [0.25, 0.3) is 0 Å². The summed E-state index contributed by atoms with van der Waals surface area (Å²) in [5.41, 5.74) is 2.21. The number of fused-ring (bicyclic) bond motifs is 3. The average Bonchev–Trinajstić information content (AvgIpc) is 3.03. The molecule has 0 aliphatic rings. The van der Waals surface area contributed by atoms with E-state index in [-0.39, 0.29) is 11.8 Å². The van der Waals surface area contributed by atoms with E-state index in [4.69, 9.17) is 4.74 Å². The second kappa shape index (κ2) is 8.38. The molecular formula is C23H27NO3. The maximum absolute atomic E-state index is 13.5. The van der Waals surface area contributed by atoms with Crippen LogP contribution in [0.5, 0.6) is 5.75 Å². The zero-order valence-electron chi connectivity index (χ0n) is 16.3. The number of nitrogens with zero attached hydrogens (tertiary/aromatic N) is 1. The van der Waals surface area contributed by atoms with Crippen molar-refractivity contribution in [3.8, 4) is 5.75 Å². The minimum absolute atomic E-state index is 0.0264. The van der Waals surface area contributed by atoms with Crippen molar-refractivity contribution in [1.82, 2.24) is 4.57 Å². The first kappa shape index (κ1) is 19.2. The Bertz CT molecular complexity index is 971. The molecule has 2 aromatic carbocycles. The summed E-state index contributed by atoms with van der Waals surface area (Å²) in [5.74, 6) is 0.792. The molecule has 0 saturated carbocycles. The van der Waals surface area contributed by atoms with Gasteiger partial charge in [-0.15, -0.1) is 0 Å². The number of ether oxygens (including phenoxy) is 1. The molecule has 0 aliphatic heterocycles. The summed E-state index contributed by atoms with van der Waals surface area (Å²) >= 11 is 0. The Morgan fingerprint density at radius 3 is 2.41 bits per heavy atom. The van der Waals surface area contributed by atoms with Gasteiger partial charge >= 0.3 is 0 Å². The van der Waals surface area contributed by atoms with E-state index in [9.17, 15) is 9.59 Å². The van der Waals surface area contributed by atoms with Gasteiger partial charge in [0.15, 0.2) is 0 Å². The normalized spacial score (nSPS) is 12.4. The van der Waals surface area contributed by atoms with Crippen LogP contribution >= 0.6 is 0 Å². The minimum atomic E-state index is -0.0264. The lowest BCUT2D eigenvalue weighted by atomic mass is 9.97. The number of benzene rings is 2. The number of unbranched alkanes of at least 4 members (excludes halogenated alkanes) is 2. The standard InChI is InChI=1S/C23H27NO3/c1-4-6-7-8-17(5-2)23(26)24-21-13-16(15-25)9-11-19(21)20-12-10-18(27-3)14-22(20)24/h9-15,17H,4-8H2,1-3H3. The third kappa shape index (κ3) is 3.61. The summed E-state index contributed by atoms with van der Waals surface area (Å²) in [7, 11) is 1.63. The van der Waals surface area contributed by atoms with Crippen LogP contribution in [-0.2, 0) is 0 Å². The van der Waals surface area contributed by atoms with Gasteiger partial charge in [-0.25, -0.2) is 0 Å². The molecule has 1 atom stereocenters. The summed E-state index contributed by atoms with van der Waals surface area (Å²) in [4.78, 5) is 24.8. The predicted molar refractivity (Wildman–Crippen MR) is 110 cm³/mol. The third-order valence-corrected chi connectivity index (χ3v) is 5.35. The molecule has 0 radical (unpaired) electrons. The lowest BCUT2D eigenvalue weighted by Gasteiger charge is -2.16. The van der Waals surface area contributed by atoms with Gasteiger partial charge in [0.2, 0.25) is 5.91 Å². The highest BCUT2D eigenvalue weighted by Crippen LogP contribution is 2.33. The van der Waals surface area contributed by atoms with Gasteiger partial charge in [-0.05, 0) is 31.0 Å². The van der Waals surface area contributed by atoms with Crippen molar-refractivity contribution >= 4 is 34.0 Å². The quantitative estimate of drug-likeness (QED) is 0.371. The maximum atomic E-state index is 13.5. The van der Waals surface area contributed by atoms with Gasteiger partial charge in [-0.3, -0.25) is 14.2 Å². The smallest absolute Gasteiger partial charge is 0.234 e. The summed E-state index contributed by atoms with van der Waals surface area (Å²) < 4.78 is 7.18. The van der Waals surface area contributed by atoms with Crippen molar-refractivity contribution in [1.29, 1.82) is 0 Å². The molecule has 142 valence electrons. The molecular weight excluding hydrogens is 338 g/mol. The number of methoxy groups -OCH3 is 1. The Balaban J connectivity index is 2.20. The molecule has 4 heteroatoms. The van der Waals surface area contributed by atoms with E-state index < -0.39 is 0 Å². The zero-order chi connectivity index (χ0) is 19.4. The van der Waals surface area contributed by atoms with Crippen molar-refractivity contribution in [2.75, 3.05) is 7.11 Å². The Kier molecular flexibility index (Phi) is 5.94. The van der Waals surface area contributed by atoms with Crippen LogP contribution in [0.2, 0.25) is 0 Å². The molecule has 0 amide bonds. The number of aldehydes is 1. The highest BCUT2D eigenvalue weighted by Gasteiger charge is 2.23. The lowest BCUT2D eigenvalue weighted by molar-refractivity contribution is 0.0831. The molecule has 1 unspecified atom stereocenters. The number of carbonyl (C=O) groups is 2. The molecule has 0 fully saturated rings. The molecule has 3 rings (SSSR count). The molecule has 1 heterocycles. The molecule has 27 heavy (non-hydrogen) atoms. The Morgan fingerprint density at radius 2 is 1.78 bits per heavy atom. The summed E-state index contributed by atoms with van der Waals surface area (Å²) in [6, 6.07) is 11.3. The van der Waals surface area contributed by atoms with Gasteiger partial charge in [-0.2, -0.15) is 0 Å². The predicted octanol–water partition coefficient (Wildman–Crippen LogP) is 5.86. The van der Waals surface area contributed by atoms with Crippen LogP contribution in [0.1, 0.15) is 61.1 Å². The second-order valence-corrected chi connectivity index (χ2v) is 7.05. The van der Waals surface area contributed by atoms with E-state index in [1.807, 2.05) is 30.3 Å². The van der Waals surface area contributed by atoms with Crippen LogP contribution in [0.4, 0.5) is 0 Å². The monoisotopic (exact) mass is 365 g/mol. The number of carbonyl (C=O) groups excluding carboxylic acids is 2. The van der Waals surface area contributed by atoms with Crippen molar-refractivity contribution in [2.45, 2.75) is 46.0 Å². The molecule has 0 aliphatic carbocycles. The molecule has 0 bridgehead atoms. The van der Waals surface area contributed by atoms with Crippen LogP contribution in [0.3, 0.4) is 0 Å². The highest BCUT2D eigenvalue weighted by atomic mass is 16.5. The fourth-order valence-corrected chi connectivity index (χ4v) is 3.78. The van der Waals surface area contributed by atoms with Gasteiger partial charge < -0.3 is 4.74 Å². The van der Waals surface area contributed by atoms with Crippen LogP contribution in [0.25, 0.3) is 21.8 Å². The minimum Gasteiger partial charge on any atom is -0.497 e. The highest BCUT2D eigenvalue weighted by molar-refractivity contribution is 6.14. The van der Waals surface area contributed by atoms with Crippen LogP contribution in [0.15, 0.2) is 36.4 Å². The number of hydrogen-bond acceptors (Lipinski definition) is 3. The first-order chi connectivity index (χ1) is 13.1. The van der Waals surface area contributed by atoms with E-state index in [1.165, 1.54) is 0 Å². The molecule has 0 saturated heterocycles. The average molecular weight is 365 g/mol. The van der Waals surface area contributed by atoms with Crippen LogP contribution in [-0.4, -0.2) is 23.9 Å². The summed E-state index contributed by atoms with van der Waals surface area (Å²) in [6.45, 7) is 4.24. The number of aromatic nitrogens is 1. The van der Waals surface area contributed by atoms with Crippen LogP contribution < -0.4 is 4.74 Å². The van der Waals surface area contributed by atoms with E-state index in [0.717, 1.165) is 60.2 Å². The van der Waals surface area contributed by atoms with Crippen LogP contribution in [0, 0.1) is 5.92 Å². The lowest BCUT2D eigenvalue weighted by Crippen LogP contribution is -2.21. The van der Waals surface area contributed by atoms with Gasteiger partial charge in [0.05, 0.1) is 18.1 Å². The third-order valence-electron chi connectivity index (χ3n) is 5.35. The zero-order valence-corrected chi connectivity index (χ0v) is 16.3. The van der Waals surface area contributed by atoms with Crippen molar-refractivity contribution in [3.63, 3.8) is 0 Å². The fraction of sp³-hybridized carbons (Fsp3) is 0.391. The number of rotatable bonds is 8. The van der Waals surface area contributed by atoms with E-state index >= 15 is 0 Å². The topological polar surface area (TPSA) is 48.3 Å². The first-order valence-electron chi connectivity index (χ1n) is 9.76. The van der Waals surface area contributed by atoms with E-state index in [0.29, 0.717) is 11.3 Å². The van der Waals surface area contributed by atoms with Gasteiger partial charge in [0, 0.05) is 28.3 Å². The molecule has 4 nitrogen and oxygen atoms in total. The second-order valence-electron chi connectivity index (χ2n) is 7.05. The molecule has 0 N–H and O–H groups in total. The Labute approximate surface area is 160 Å². The van der Waals surface area contributed by atoms with Crippen molar-refractivity contribution < 1.29 is 14.3 Å². The number of hydrogen-bond donors (Lipinski definition) is 0. The molecule has 1 aromatic heterocycles. The van der Waals surface area contributed by atoms with Gasteiger partial charge in [0.1, 0.15) is 12.0 Å². The molecule has 3 aromatic rings. The SMILES string of the molecule is CCCCCC(CC)C(=O)n1c2cc(C=O)ccc2c2ccc(OC)cc21. The summed E-state index contributed by atoms with van der Waals surface area (Å²) in [6.07, 6.45) is 5.86. The Morgan fingerprint density at radius 1 is 1.07 bits per heavy atom. The molecule has 0 spiro atoms. The largest absolute Gasteiger partial charge is 0.497 e. The van der Waals surface area contributed by atoms with Gasteiger partial charge in [-0.1, -0.05) is 45.2 Å². The van der Waals surface area contributed by atoms with E-state index in [2.05, 4.69) is 13.8 Å². The van der Waals surface area contributed by atoms with Crippen molar-refractivity contribution in [2.24, 2.45) is 5.92 Å². The summed E-state index contributed by atoms with van der Waals surface area (Å²) in [5, 5.41) is 1.98. The fourth-order valence-electron chi connectivity index (χ4n) is 3.78. The first-order valence-corrected chi connectivity index (χ1v) is 9.76. The Hall–Kier alpha value is -2.62. The maximum Gasteiger partial charge on any atom is 0.234 e. The van der Waals surface area contributed by atoms with E-state index in [1.54, 1.807) is 17.7 Å². The van der Waals surface area contributed by atoms with Crippen molar-refractivity contribution in [3.05, 3.63) is 42.0 Å².